The van der Waals surface area contributed by atoms with Gasteiger partial charge < -0.3 is 24.3 Å². The Balaban J connectivity index is 1.15. The second-order valence-electron chi connectivity index (χ2n) is 11.7. The maximum Gasteiger partial charge on any atom is 0.410 e. The van der Waals surface area contributed by atoms with E-state index in [4.69, 9.17) is 19.6 Å². The van der Waals surface area contributed by atoms with E-state index >= 15 is 0 Å². The number of aromatic amines is 1. The number of rotatable bonds is 7. The van der Waals surface area contributed by atoms with Crippen molar-refractivity contribution < 1.29 is 14.3 Å². The Kier molecular flexibility index (Phi) is 8.35. The molecule has 226 valence electrons. The molecule has 0 spiro atoms. The number of carbonyl (C=O) groups excluding carboxylic acids is 1. The lowest BCUT2D eigenvalue weighted by atomic mass is 9.86. The van der Waals surface area contributed by atoms with Gasteiger partial charge in [0.05, 0.1) is 18.4 Å². The lowest BCUT2D eigenvalue weighted by molar-refractivity contribution is 0.0862. The van der Waals surface area contributed by atoms with Gasteiger partial charge in [-0.3, -0.25) is 4.79 Å². The Labute approximate surface area is 251 Å². The number of methoxy groups -OCH3 is 1. The molecule has 1 aliphatic heterocycles. The summed E-state index contributed by atoms with van der Waals surface area (Å²) >= 11 is 0. The summed E-state index contributed by atoms with van der Waals surface area (Å²) in [5.41, 5.74) is 4.03. The molecule has 2 fully saturated rings. The van der Waals surface area contributed by atoms with E-state index in [0.29, 0.717) is 28.5 Å². The fourth-order valence-corrected chi connectivity index (χ4v) is 6.53. The van der Waals surface area contributed by atoms with Gasteiger partial charge in [-0.15, -0.1) is 0 Å². The van der Waals surface area contributed by atoms with Gasteiger partial charge in [0.25, 0.3) is 5.56 Å². The van der Waals surface area contributed by atoms with Crippen LogP contribution in [0.25, 0.3) is 22.4 Å². The van der Waals surface area contributed by atoms with Gasteiger partial charge >= 0.3 is 6.09 Å². The van der Waals surface area contributed by atoms with E-state index in [0.717, 1.165) is 61.3 Å². The zero-order valence-corrected chi connectivity index (χ0v) is 25.2. The number of anilines is 1. The summed E-state index contributed by atoms with van der Waals surface area (Å²) in [6.45, 7) is 1.86. The number of aryl methyl sites for hydroxylation is 1. The molecule has 2 aromatic heterocycles. The Hall–Kier alpha value is -4.34. The molecular weight excluding hydrogens is 544 g/mol. The van der Waals surface area contributed by atoms with E-state index in [-0.39, 0.29) is 24.3 Å². The molecule has 1 saturated heterocycles. The van der Waals surface area contributed by atoms with Gasteiger partial charge in [0.2, 0.25) is 0 Å². The van der Waals surface area contributed by atoms with E-state index in [1.165, 1.54) is 19.3 Å². The minimum Gasteiger partial charge on any atom is -0.496 e. The fraction of sp³-hybridized carbons (Fsp3) is 0.455. The Morgan fingerprint density at radius 2 is 1.79 bits per heavy atom. The van der Waals surface area contributed by atoms with Gasteiger partial charge in [0, 0.05) is 50.9 Å². The van der Waals surface area contributed by atoms with Crippen molar-refractivity contribution in [1.29, 1.82) is 0 Å². The van der Waals surface area contributed by atoms with Crippen molar-refractivity contribution in [3.8, 4) is 17.1 Å². The molecule has 10 heteroatoms. The highest BCUT2D eigenvalue weighted by atomic mass is 16.6. The van der Waals surface area contributed by atoms with Crippen molar-refractivity contribution in [2.45, 2.75) is 63.5 Å². The van der Waals surface area contributed by atoms with Crippen LogP contribution >= 0.6 is 0 Å². The third-order valence-corrected chi connectivity index (χ3v) is 9.02. The monoisotopic (exact) mass is 584 g/mol. The first kappa shape index (κ1) is 28.8. The van der Waals surface area contributed by atoms with Crippen molar-refractivity contribution >= 4 is 22.8 Å². The van der Waals surface area contributed by atoms with Gasteiger partial charge in [0.15, 0.2) is 5.65 Å². The molecule has 1 saturated carbocycles. The summed E-state index contributed by atoms with van der Waals surface area (Å²) in [7, 11) is 5.30. The third-order valence-electron chi connectivity index (χ3n) is 9.02. The lowest BCUT2D eigenvalue weighted by Gasteiger charge is -2.37. The molecule has 1 amide bonds. The average molecular weight is 585 g/mol. The number of hydrogen-bond acceptors (Lipinski definition) is 7. The number of amides is 1. The first-order valence-corrected chi connectivity index (χ1v) is 15.3. The molecule has 2 aliphatic rings. The highest BCUT2D eigenvalue weighted by Crippen LogP contribution is 2.36. The molecule has 0 radical (unpaired) electrons. The van der Waals surface area contributed by atoms with Crippen molar-refractivity contribution in [3.63, 3.8) is 0 Å². The molecule has 6 rings (SSSR count). The molecule has 2 aromatic carbocycles. The van der Waals surface area contributed by atoms with Crippen LogP contribution in [0.2, 0.25) is 0 Å². The number of hydrogen-bond donors (Lipinski definition) is 1. The van der Waals surface area contributed by atoms with Gasteiger partial charge in [-0.2, -0.15) is 5.10 Å². The van der Waals surface area contributed by atoms with E-state index in [9.17, 15) is 9.59 Å². The smallest absolute Gasteiger partial charge is 0.410 e. The number of fused-ring (bicyclic) bond motifs is 1. The number of benzene rings is 2. The van der Waals surface area contributed by atoms with Crippen molar-refractivity contribution in [1.82, 2.24) is 24.6 Å². The van der Waals surface area contributed by atoms with E-state index in [1.807, 2.05) is 62.6 Å². The van der Waals surface area contributed by atoms with Crippen LogP contribution < -0.4 is 15.2 Å². The second-order valence-corrected chi connectivity index (χ2v) is 11.7. The van der Waals surface area contributed by atoms with Gasteiger partial charge in [0.1, 0.15) is 23.6 Å². The number of nitrogens with one attached hydrogen (secondary N) is 1. The molecule has 0 atom stereocenters. The van der Waals surface area contributed by atoms with Gasteiger partial charge in [-0.05, 0) is 43.4 Å². The number of H-pyrrole nitrogens is 1. The molecular formula is C33H40N6O4. The van der Waals surface area contributed by atoms with Crippen LogP contribution in [0.1, 0.15) is 62.1 Å². The maximum absolute atomic E-state index is 13.4. The van der Waals surface area contributed by atoms with Crippen LogP contribution in [0.4, 0.5) is 10.5 Å². The predicted molar refractivity (Wildman–Crippen MR) is 167 cm³/mol. The van der Waals surface area contributed by atoms with Gasteiger partial charge in [-0.25, -0.2) is 14.5 Å². The standard InChI is InChI=1S/C33H40N6O4/c1-37(33(41)43-21-22-10-6-4-7-11-22)24-16-18-39(19-17-24)25-14-15-26(27(20-25)42-3)30-34-31-28(32(40)35-30)29(36-38(31)2)23-12-8-5-9-13-23/h4,6-7,10-11,14-15,20,23-24H,5,8-9,12-13,16-19,21H2,1-3H3,(H,34,35,40). The Morgan fingerprint density at radius 1 is 1.05 bits per heavy atom. The van der Waals surface area contributed by atoms with Crippen LogP contribution in [0.5, 0.6) is 5.75 Å². The van der Waals surface area contributed by atoms with E-state index < -0.39 is 0 Å². The summed E-state index contributed by atoms with van der Waals surface area (Å²) in [6.07, 6.45) is 7.08. The number of carbonyl (C=O) groups is 1. The van der Waals surface area contributed by atoms with Crippen LogP contribution in [0.3, 0.4) is 0 Å². The SMILES string of the molecule is COc1cc(N2CCC(N(C)C(=O)OCc3ccccc3)CC2)ccc1-c1nc2c(c(C3CCCCC3)nn2C)c(=O)[nH]1. The fourth-order valence-electron chi connectivity index (χ4n) is 6.53. The lowest BCUT2D eigenvalue weighted by Crippen LogP contribution is -2.45. The maximum atomic E-state index is 13.4. The van der Waals surface area contributed by atoms with Crippen molar-refractivity contribution in [3.05, 3.63) is 70.1 Å². The normalized spacial score (nSPS) is 16.4. The predicted octanol–water partition coefficient (Wildman–Crippen LogP) is 5.62. The highest BCUT2D eigenvalue weighted by Gasteiger charge is 2.28. The quantitative estimate of drug-likeness (QED) is 0.301. The Bertz CT molecular complexity index is 1630. The van der Waals surface area contributed by atoms with E-state index in [2.05, 4.69) is 9.88 Å². The van der Waals surface area contributed by atoms with Crippen LogP contribution in [0, 0.1) is 0 Å². The average Bonchev–Trinajstić information content (AvgIpc) is 3.40. The molecule has 43 heavy (non-hydrogen) atoms. The third kappa shape index (κ3) is 5.96. The molecule has 3 heterocycles. The van der Waals surface area contributed by atoms with Crippen LogP contribution in [0.15, 0.2) is 53.3 Å². The van der Waals surface area contributed by atoms with E-state index in [1.54, 1.807) is 16.7 Å². The molecule has 1 aliphatic carbocycles. The van der Waals surface area contributed by atoms with Gasteiger partial charge in [-0.1, -0.05) is 49.6 Å². The first-order valence-electron chi connectivity index (χ1n) is 15.3. The topological polar surface area (TPSA) is 106 Å². The molecule has 1 N–H and O–H groups in total. The number of nitrogens with zero attached hydrogens (tertiary/aromatic N) is 5. The molecule has 10 nitrogen and oxygen atoms in total. The minimum absolute atomic E-state index is 0.110. The number of aromatic nitrogens is 4. The summed E-state index contributed by atoms with van der Waals surface area (Å²) in [6, 6.07) is 15.8. The van der Waals surface area contributed by atoms with Crippen molar-refractivity contribution in [2.24, 2.45) is 7.05 Å². The summed E-state index contributed by atoms with van der Waals surface area (Å²) < 4.78 is 13.1. The summed E-state index contributed by atoms with van der Waals surface area (Å²) in [5.74, 6) is 1.41. The second kappa shape index (κ2) is 12.5. The molecule has 4 aromatic rings. The molecule has 0 bridgehead atoms. The first-order chi connectivity index (χ1) is 20.9. The minimum atomic E-state index is -0.300. The molecule has 0 unspecified atom stereocenters. The van der Waals surface area contributed by atoms with Crippen molar-refractivity contribution in [2.75, 3.05) is 32.1 Å². The summed E-state index contributed by atoms with van der Waals surface area (Å²) in [5, 5.41) is 5.35. The Morgan fingerprint density at radius 3 is 2.51 bits per heavy atom. The zero-order valence-electron chi connectivity index (χ0n) is 25.2. The zero-order chi connectivity index (χ0) is 29.9. The van der Waals surface area contributed by atoms with Crippen LogP contribution in [-0.4, -0.2) is 64.0 Å². The number of ether oxygens (including phenoxy) is 2. The number of piperidine rings is 1. The van der Waals surface area contributed by atoms with Crippen LogP contribution in [-0.2, 0) is 18.4 Å². The summed E-state index contributed by atoms with van der Waals surface area (Å²) in [4.78, 5) is 37.9. The highest BCUT2D eigenvalue weighted by molar-refractivity contribution is 5.81. The largest absolute Gasteiger partial charge is 0.496 e.